The third-order valence-electron chi connectivity index (χ3n) is 7.06. The molecule has 224 valence electrons. The Kier molecular flexibility index (Phi) is 7.47. The summed E-state index contributed by atoms with van der Waals surface area (Å²) in [5.74, 6) is -1.62. The second-order valence-corrected chi connectivity index (χ2v) is 10.3. The highest BCUT2D eigenvalue weighted by molar-refractivity contribution is 5.84. The van der Waals surface area contributed by atoms with Crippen LogP contribution < -0.4 is 16.6 Å². The number of fused-ring (bicyclic) bond motifs is 1. The summed E-state index contributed by atoms with van der Waals surface area (Å²) < 4.78 is 28.4. The third-order valence-corrected chi connectivity index (χ3v) is 7.06. The lowest BCUT2D eigenvalue weighted by atomic mass is 10.0. The van der Waals surface area contributed by atoms with Gasteiger partial charge in [0.15, 0.2) is 12.4 Å². The first-order valence-electron chi connectivity index (χ1n) is 13.7. The molecule has 2 aromatic carbocycles. The Morgan fingerprint density at radius 1 is 1.14 bits per heavy atom. The third kappa shape index (κ3) is 5.95. The van der Waals surface area contributed by atoms with Gasteiger partial charge in [-0.05, 0) is 47.9 Å². The number of aryl methyl sites for hydroxylation is 1. The van der Waals surface area contributed by atoms with Crippen LogP contribution in [0.5, 0.6) is 0 Å². The van der Waals surface area contributed by atoms with Gasteiger partial charge < -0.3 is 20.5 Å². The van der Waals surface area contributed by atoms with Crippen molar-refractivity contribution in [3.05, 3.63) is 82.3 Å². The topological polar surface area (TPSA) is 169 Å². The van der Waals surface area contributed by atoms with Crippen molar-refractivity contribution in [3.8, 4) is 17.1 Å². The quantitative estimate of drug-likeness (QED) is 0.238. The lowest BCUT2D eigenvalue weighted by Gasteiger charge is -2.17. The van der Waals surface area contributed by atoms with Crippen molar-refractivity contribution in [3.63, 3.8) is 0 Å². The summed E-state index contributed by atoms with van der Waals surface area (Å²) in [6.45, 7) is 0.202. The molecule has 3 heterocycles. The van der Waals surface area contributed by atoms with Crippen LogP contribution in [0.1, 0.15) is 36.8 Å². The molecule has 1 fully saturated rings. The molecule has 0 amide bonds. The van der Waals surface area contributed by atoms with Crippen molar-refractivity contribution in [2.24, 2.45) is 7.05 Å². The Morgan fingerprint density at radius 2 is 1.95 bits per heavy atom. The molecule has 13 nitrogen and oxygen atoms in total. The van der Waals surface area contributed by atoms with Crippen molar-refractivity contribution in [1.29, 1.82) is 0 Å². The van der Waals surface area contributed by atoms with E-state index < -0.39 is 29.9 Å². The van der Waals surface area contributed by atoms with Crippen LogP contribution in [0.2, 0.25) is 0 Å². The number of anilines is 3. The summed E-state index contributed by atoms with van der Waals surface area (Å²) in [6.07, 6.45) is 6.83. The van der Waals surface area contributed by atoms with E-state index in [1.807, 2.05) is 6.07 Å². The number of carbonyl (C=O) groups excluding carboxylic acids is 2. The molecule has 1 aliphatic carbocycles. The monoisotopic (exact) mass is 598 g/mol. The van der Waals surface area contributed by atoms with Gasteiger partial charge in [0, 0.05) is 37.5 Å². The molecule has 14 heteroatoms. The van der Waals surface area contributed by atoms with Crippen LogP contribution in [0.4, 0.5) is 22.0 Å². The molecule has 0 radical (unpaired) electrons. The fraction of sp³-hybridized carbons (Fsp3) is 0.233. The summed E-state index contributed by atoms with van der Waals surface area (Å²) >= 11 is 0. The number of esters is 2. The highest BCUT2D eigenvalue weighted by atomic mass is 19.1. The Morgan fingerprint density at radius 3 is 2.68 bits per heavy atom. The summed E-state index contributed by atoms with van der Waals surface area (Å²) in [4.78, 5) is 50.3. The van der Waals surface area contributed by atoms with Crippen LogP contribution in [-0.2, 0) is 32.7 Å². The molecule has 6 rings (SSSR count). The molecular weight excluding hydrogens is 571 g/mol. The number of aromatic nitrogens is 6. The summed E-state index contributed by atoms with van der Waals surface area (Å²) in [5.41, 5.74) is 7.89. The van der Waals surface area contributed by atoms with Crippen molar-refractivity contribution in [2.45, 2.75) is 32.3 Å². The van der Waals surface area contributed by atoms with E-state index in [2.05, 4.69) is 25.4 Å². The normalized spacial score (nSPS) is 12.7. The molecule has 1 aliphatic rings. The molecular formula is C30H27FN8O5. The number of ether oxygens (including phenoxy) is 2. The molecule has 44 heavy (non-hydrogen) atoms. The molecule has 3 N–H and O–H groups in total. The summed E-state index contributed by atoms with van der Waals surface area (Å²) in [7, 11) is 1.76. The predicted octanol–water partition coefficient (Wildman–Crippen LogP) is 3.52. The zero-order chi connectivity index (χ0) is 31.0. The predicted molar refractivity (Wildman–Crippen MR) is 158 cm³/mol. The smallest absolute Gasteiger partial charge is 0.344 e. The van der Waals surface area contributed by atoms with Crippen LogP contribution in [0, 0.1) is 5.82 Å². The number of nitrogens with zero attached hydrogens (tertiary/aromatic N) is 6. The van der Waals surface area contributed by atoms with Crippen LogP contribution >= 0.6 is 0 Å². The maximum Gasteiger partial charge on any atom is 0.344 e. The number of hydrogen-bond donors (Lipinski definition) is 2. The van der Waals surface area contributed by atoms with Gasteiger partial charge >= 0.3 is 11.9 Å². The summed E-state index contributed by atoms with van der Waals surface area (Å²) in [6, 6.07) is 9.89. The second kappa shape index (κ2) is 11.6. The fourth-order valence-corrected chi connectivity index (χ4v) is 4.89. The van der Waals surface area contributed by atoms with Gasteiger partial charge in [-0.15, -0.1) is 0 Å². The van der Waals surface area contributed by atoms with Crippen molar-refractivity contribution >= 4 is 40.3 Å². The minimum absolute atomic E-state index is 0.0625. The molecule has 0 aliphatic heterocycles. The number of rotatable bonds is 9. The van der Waals surface area contributed by atoms with Crippen molar-refractivity contribution in [1.82, 2.24) is 29.3 Å². The number of pyridine rings is 1. The Balaban J connectivity index is 1.45. The molecule has 0 spiro atoms. The van der Waals surface area contributed by atoms with Crippen LogP contribution in [0.25, 0.3) is 27.8 Å². The van der Waals surface area contributed by atoms with Gasteiger partial charge in [0.1, 0.15) is 12.4 Å². The number of nitrogen functional groups attached to an aromatic ring is 1. The first-order valence-corrected chi connectivity index (χ1v) is 13.7. The SMILES string of the molecule is CC(=O)OCC(=O)OCc1c(-c2nc(N)nc(Nc3cnn(C)c3)n2)cccc1-n1ccc2cc(C3CC3)cc(F)c2c1=O. The number of benzene rings is 2. The number of nitrogens with two attached hydrogens (primary N) is 1. The Hall–Kier alpha value is -5.66. The van der Waals surface area contributed by atoms with E-state index in [1.165, 1.54) is 17.6 Å². The maximum absolute atomic E-state index is 15.3. The molecule has 5 aromatic rings. The lowest BCUT2D eigenvalue weighted by molar-refractivity contribution is -0.158. The largest absolute Gasteiger partial charge is 0.458 e. The highest BCUT2D eigenvalue weighted by Crippen LogP contribution is 2.41. The molecule has 0 bridgehead atoms. The lowest BCUT2D eigenvalue weighted by Crippen LogP contribution is -2.21. The summed E-state index contributed by atoms with van der Waals surface area (Å²) in [5, 5.41) is 7.56. The van der Waals surface area contributed by atoms with Gasteiger partial charge in [-0.3, -0.25) is 18.8 Å². The fourth-order valence-electron chi connectivity index (χ4n) is 4.89. The van der Waals surface area contributed by atoms with Gasteiger partial charge in [-0.1, -0.05) is 18.2 Å². The van der Waals surface area contributed by atoms with Gasteiger partial charge in [0.2, 0.25) is 11.9 Å². The van der Waals surface area contributed by atoms with E-state index in [0.717, 1.165) is 18.4 Å². The molecule has 0 saturated heterocycles. The van der Waals surface area contributed by atoms with E-state index in [-0.39, 0.29) is 29.7 Å². The Bertz CT molecular complexity index is 1980. The van der Waals surface area contributed by atoms with Crippen molar-refractivity contribution in [2.75, 3.05) is 17.7 Å². The van der Waals surface area contributed by atoms with E-state index in [4.69, 9.17) is 15.2 Å². The molecule has 0 unspecified atom stereocenters. The zero-order valence-electron chi connectivity index (χ0n) is 23.8. The number of hydrogen-bond acceptors (Lipinski definition) is 11. The average molecular weight is 599 g/mol. The van der Waals surface area contributed by atoms with Crippen LogP contribution in [0.15, 0.2) is 59.8 Å². The second-order valence-electron chi connectivity index (χ2n) is 10.3. The Labute approximate surface area is 249 Å². The minimum atomic E-state index is -0.820. The number of nitrogens with one attached hydrogen (secondary N) is 1. The highest BCUT2D eigenvalue weighted by Gasteiger charge is 2.26. The van der Waals surface area contributed by atoms with Crippen LogP contribution in [0.3, 0.4) is 0 Å². The maximum atomic E-state index is 15.3. The first kappa shape index (κ1) is 28.5. The van der Waals surface area contributed by atoms with Gasteiger partial charge in [0.05, 0.1) is 23.0 Å². The van der Waals surface area contributed by atoms with Gasteiger partial charge in [-0.2, -0.15) is 20.1 Å². The zero-order valence-corrected chi connectivity index (χ0v) is 23.8. The van der Waals surface area contributed by atoms with Gasteiger partial charge in [-0.25, -0.2) is 9.18 Å². The van der Waals surface area contributed by atoms with E-state index in [1.54, 1.807) is 54.6 Å². The van der Waals surface area contributed by atoms with E-state index in [0.29, 0.717) is 33.8 Å². The average Bonchev–Trinajstić information content (AvgIpc) is 3.76. The van der Waals surface area contributed by atoms with E-state index in [9.17, 15) is 14.4 Å². The van der Waals surface area contributed by atoms with Crippen molar-refractivity contribution < 1.29 is 23.5 Å². The number of carbonyl (C=O) groups is 2. The first-order chi connectivity index (χ1) is 21.2. The van der Waals surface area contributed by atoms with E-state index >= 15 is 4.39 Å². The standard InChI is InChI=1S/C30H27FN8O5/c1-16(40)43-15-25(41)44-14-22-21(27-35-29(32)37-30(36-27)34-20-12-33-38(2)13-20)4-3-5-24(22)39-9-8-18-10-19(17-6-7-17)11-23(31)26(18)28(39)42/h3-5,8-13,17H,6-7,14-15H2,1-2H3,(H3,32,34,35,36,37). The molecule has 0 atom stereocenters. The molecule has 3 aromatic heterocycles. The van der Waals surface area contributed by atoms with Crippen LogP contribution in [-0.4, -0.2) is 47.8 Å². The van der Waals surface area contributed by atoms with Gasteiger partial charge in [0.25, 0.3) is 5.56 Å². The molecule has 1 saturated carbocycles. The minimum Gasteiger partial charge on any atom is -0.458 e. The number of halogens is 1.